The average molecular weight is 377 g/mol. The van der Waals surface area contributed by atoms with E-state index in [4.69, 9.17) is 0 Å². The Balaban J connectivity index is 1.72. The molecule has 1 aliphatic heterocycles. The minimum Gasteiger partial charge on any atom is -0.312 e. The molecule has 2 aromatic rings. The number of amides is 3. The fourth-order valence-electron chi connectivity index (χ4n) is 2.95. The van der Waals surface area contributed by atoms with E-state index in [0.717, 1.165) is 18.9 Å². The number of urea groups is 1. The van der Waals surface area contributed by atoms with Crippen molar-refractivity contribution in [2.45, 2.75) is 25.4 Å². The Morgan fingerprint density at radius 2 is 1.78 bits per heavy atom. The first-order chi connectivity index (χ1) is 12.8. The number of benzene rings is 2. The second-order valence-electron chi connectivity index (χ2n) is 6.18. The largest absolute Gasteiger partial charge is 0.418 e. The van der Waals surface area contributed by atoms with Crippen LogP contribution in [0.15, 0.2) is 48.5 Å². The molecule has 1 heterocycles. The molecule has 1 aliphatic rings. The molecule has 2 aromatic carbocycles. The molecule has 2 N–H and O–H groups in total. The highest BCUT2D eigenvalue weighted by atomic mass is 19.4. The van der Waals surface area contributed by atoms with Gasteiger partial charge in [0.1, 0.15) is 0 Å². The van der Waals surface area contributed by atoms with Gasteiger partial charge in [-0.05, 0) is 43.2 Å². The second-order valence-corrected chi connectivity index (χ2v) is 6.18. The summed E-state index contributed by atoms with van der Waals surface area (Å²) in [5.74, 6) is 0.0157. The number of piperidine rings is 1. The van der Waals surface area contributed by atoms with Crippen LogP contribution < -0.4 is 15.5 Å². The van der Waals surface area contributed by atoms with Gasteiger partial charge in [-0.15, -0.1) is 0 Å². The summed E-state index contributed by atoms with van der Waals surface area (Å²) in [6, 6.07) is 10.6. The van der Waals surface area contributed by atoms with Gasteiger partial charge in [-0.1, -0.05) is 18.2 Å². The van der Waals surface area contributed by atoms with Gasteiger partial charge in [0.05, 0.1) is 11.3 Å². The lowest BCUT2D eigenvalue weighted by Gasteiger charge is -2.27. The topological polar surface area (TPSA) is 61.4 Å². The van der Waals surface area contributed by atoms with Gasteiger partial charge < -0.3 is 15.5 Å². The summed E-state index contributed by atoms with van der Waals surface area (Å²) in [5, 5.41) is 4.73. The summed E-state index contributed by atoms with van der Waals surface area (Å²) in [6.07, 6.45) is -2.34. The van der Waals surface area contributed by atoms with Gasteiger partial charge >= 0.3 is 12.2 Å². The fourth-order valence-corrected chi connectivity index (χ4v) is 2.95. The third-order valence-electron chi connectivity index (χ3n) is 4.22. The van der Waals surface area contributed by atoms with E-state index in [2.05, 4.69) is 10.6 Å². The first kappa shape index (κ1) is 18.8. The summed E-state index contributed by atoms with van der Waals surface area (Å²) >= 11 is 0. The maximum absolute atomic E-state index is 13.0. The fraction of sp³-hybridized carbons (Fsp3) is 0.263. The predicted octanol–water partition coefficient (Wildman–Crippen LogP) is 4.87. The number of para-hydroxylation sites is 1. The van der Waals surface area contributed by atoms with Crippen molar-refractivity contribution in [1.29, 1.82) is 0 Å². The number of hydrogen-bond acceptors (Lipinski definition) is 2. The van der Waals surface area contributed by atoms with Crippen molar-refractivity contribution >= 4 is 29.0 Å². The van der Waals surface area contributed by atoms with Crippen molar-refractivity contribution in [3.63, 3.8) is 0 Å². The lowest BCUT2D eigenvalue weighted by Crippen LogP contribution is -2.35. The minimum absolute atomic E-state index is 0.0157. The molecule has 27 heavy (non-hydrogen) atoms. The van der Waals surface area contributed by atoms with Crippen LogP contribution in [0.2, 0.25) is 0 Å². The molecule has 8 heteroatoms. The van der Waals surface area contributed by atoms with Gasteiger partial charge in [-0.2, -0.15) is 13.2 Å². The summed E-state index contributed by atoms with van der Waals surface area (Å²) in [7, 11) is 0. The zero-order valence-electron chi connectivity index (χ0n) is 14.3. The number of carbonyl (C=O) groups is 2. The van der Waals surface area contributed by atoms with E-state index in [1.54, 1.807) is 29.2 Å². The Bertz CT molecular complexity index is 852. The van der Waals surface area contributed by atoms with Crippen LogP contribution in [0.5, 0.6) is 0 Å². The Hall–Kier alpha value is -3.03. The first-order valence-electron chi connectivity index (χ1n) is 8.49. The van der Waals surface area contributed by atoms with Crippen molar-refractivity contribution in [2.75, 3.05) is 22.1 Å². The van der Waals surface area contributed by atoms with E-state index in [1.165, 1.54) is 18.2 Å². The molecule has 3 rings (SSSR count). The number of halogens is 3. The van der Waals surface area contributed by atoms with Gasteiger partial charge in [0.25, 0.3) is 0 Å². The second kappa shape index (κ2) is 7.69. The number of nitrogens with zero attached hydrogens (tertiary/aromatic N) is 1. The van der Waals surface area contributed by atoms with Crippen LogP contribution in [0.25, 0.3) is 0 Å². The number of anilines is 3. The standard InChI is InChI=1S/C19H18F3N3O2/c20-19(21,22)15-8-1-2-9-16(15)24-18(27)23-13-6-5-7-14(12-13)25-11-4-3-10-17(25)26/h1-2,5-9,12H,3-4,10-11H2,(H2,23,24,27). The van der Waals surface area contributed by atoms with Gasteiger partial charge in [-0.25, -0.2) is 4.79 Å². The molecule has 0 radical (unpaired) electrons. The molecule has 0 spiro atoms. The van der Waals surface area contributed by atoms with E-state index in [-0.39, 0.29) is 11.6 Å². The van der Waals surface area contributed by atoms with E-state index in [1.807, 2.05) is 0 Å². The van der Waals surface area contributed by atoms with E-state index < -0.39 is 17.8 Å². The van der Waals surface area contributed by atoms with Gasteiger partial charge in [0.15, 0.2) is 0 Å². The minimum atomic E-state index is -4.57. The van der Waals surface area contributed by atoms with Crippen LogP contribution in [0.1, 0.15) is 24.8 Å². The highest BCUT2D eigenvalue weighted by molar-refractivity contribution is 6.01. The predicted molar refractivity (Wildman–Crippen MR) is 96.7 cm³/mol. The SMILES string of the molecule is O=C(Nc1cccc(N2CCCCC2=O)c1)Nc1ccccc1C(F)(F)F. The molecule has 5 nitrogen and oxygen atoms in total. The van der Waals surface area contributed by atoms with Crippen LogP contribution in [-0.4, -0.2) is 18.5 Å². The molecule has 1 saturated heterocycles. The van der Waals surface area contributed by atoms with Gasteiger partial charge in [-0.3, -0.25) is 4.79 Å². The number of alkyl halides is 3. The van der Waals surface area contributed by atoms with Crippen LogP contribution >= 0.6 is 0 Å². The van der Waals surface area contributed by atoms with Crippen molar-refractivity contribution in [2.24, 2.45) is 0 Å². The molecule has 1 fully saturated rings. The summed E-state index contributed by atoms with van der Waals surface area (Å²) in [6.45, 7) is 0.605. The lowest BCUT2D eigenvalue weighted by molar-refractivity contribution is -0.136. The maximum atomic E-state index is 13.0. The maximum Gasteiger partial charge on any atom is 0.418 e. The van der Waals surface area contributed by atoms with Crippen LogP contribution in [-0.2, 0) is 11.0 Å². The van der Waals surface area contributed by atoms with Crippen molar-refractivity contribution in [3.8, 4) is 0 Å². The Kier molecular flexibility index (Phi) is 5.34. The number of carbonyl (C=O) groups excluding carboxylic acids is 2. The molecule has 0 aromatic heterocycles. The summed E-state index contributed by atoms with van der Waals surface area (Å²) in [5.41, 5.74) is -0.223. The van der Waals surface area contributed by atoms with Crippen molar-refractivity contribution < 1.29 is 22.8 Å². The molecule has 0 unspecified atom stereocenters. The third kappa shape index (κ3) is 4.58. The molecule has 3 amide bonds. The Morgan fingerprint density at radius 1 is 1.00 bits per heavy atom. The van der Waals surface area contributed by atoms with E-state index >= 15 is 0 Å². The number of nitrogens with one attached hydrogen (secondary N) is 2. The zero-order valence-corrected chi connectivity index (χ0v) is 14.3. The number of hydrogen-bond donors (Lipinski definition) is 2. The van der Waals surface area contributed by atoms with E-state index in [0.29, 0.717) is 24.3 Å². The third-order valence-corrected chi connectivity index (χ3v) is 4.22. The highest BCUT2D eigenvalue weighted by Crippen LogP contribution is 2.34. The van der Waals surface area contributed by atoms with Gasteiger partial charge in [0.2, 0.25) is 5.91 Å². The average Bonchev–Trinajstić information content (AvgIpc) is 2.62. The Labute approximate surface area is 154 Å². The van der Waals surface area contributed by atoms with Crippen molar-refractivity contribution in [3.05, 3.63) is 54.1 Å². The monoisotopic (exact) mass is 377 g/mol. The quantitative estimate of drug-likeness (QED) is 0.802. The first-order valence-corrected chi connectivity index (χ1v) is 8.49. The Morgan fingerprint density at radius 3 is 2.52 bits per heavy atom. The molecule has 0 saturated carbocycles. The molecular weight excluding hydrogens is 359 g/mol. The van der Waals surface area contributed by atoms with Crippen LogP contribution in [0.4, 0.5) is 35.0 Å². The zero-order chi connectivity index (χ0) is 19.4. The number of rotatable bonds is 3. The molecule has 0 aliphatic carbocycles. The lowest BCUT2D eigenvalue weighted by atomic mass is 10.1. The van der Waals surface area contributed by atoms with Crippen molar-refractivity contribution in [1.82, 2.24) is 0 Å². The summed E-state index contributed by atoms with van der Waals surface area (Å²) in [4.78, 5) is 25.8. The van der Waals surface area contributed by atoms with Crippen LogP contribution in [0.3, 0.4) is 0 Å². The van der Waals surface area contributed by atoms with Crippen LogP contribution in [0, 0.1) is 0 Å². The highest BCUT2D eigenvalue weighted by Gasteiger charge is 2.33. The molecule has 0 atom stereocenters. The van der Waals surface area contributed by atoms with E-state index in [9.17, 15) is 22.8 Å². The molecule has 0 bridgehead atoms. The normalized spacial score (nSPS) is 14.8. The smallest absolute Gasteiger partial charge is 0.312 e. The molecule has 142 valence electrons. The van der Waals surface area contributed by atoms with Gasteiger partial charge in [0, 0.05) is 24.3 Å². The molecular formula is C19H18F3N3O2. The summed E-state index contributed by atoms with van der Waals surface area (Å²) < 4.78 is 39.0.